The first kappa shape index (κ1) is 13.7. The van der Waals surface area contributed by atoms with Crippen LogP contribution in [0, 0.1) is 0 Å². The molecule has 20 heavy (non-hydrogen) atoms. The van der Waals surface area contributed by atoms with Crippen LogP contribution < -0.4 is 10.2 Å². The Morgan fingerprint density at radius 2 is 1.80 bits per heavy atom. The maximum absolute atomic E-state index is 13.1. The van der Waals surface area contributed by atoms with Crippen LogP contribution in [0.25, 0.3) is 0 Å². The van der Waals surface area contributed by atoms with Crippen molar-refractivity contribution in [3.63, 3.8) is 0 Å². The van der Waals surface area contributed by atoms with Gasteiger partial charge >= 0.3 is 6.18 Å². The van der Waals surface area contributed by atoms with Crippen molar-refractivity contribution >= 4 is 5.69 Å². The Kier molecular flexibility index (Phi) is 3.63. The van der Waals surface area contributed by atoms with Crippen LogP contribution >= 0.6 is 0 Å². The summed E-state index contributed by atoms with van der Waals surface area (Å²) in [7, 11) is 0. The van der Waals surface area contributed by atoms with Gasteiger partial charge in [-0.3, -0.25) is 0 Å². The molecule has 0 bridgehead atoms. The highest BCUT2D eigenvalue weighted by molar-refractivity contribution is 5.55. The number of nitrogens with one attached hydrogen (secondary N) is 1. The highest BCUT2D eigenvalue weighted by Crippen LogP contribution is 2.37. The molecule has 1 saturated heterocycles. The predicted octanol–water partition coefficient (Wildman–Crippen LogP) is 3.43. The molecule has 1 aromatic rings. The van der Waals surface area contributed by atoms with E-state index in [2.05, 4.69) is 5.32 Å². The van der Waals surface area contributed by atoms with Gasteiger partial charge in [0.2, 0.25) is 0 Å². The molecule has 2 nitrogen and oxygen atoms in total. The van der Waals surface area contributed by atoms with Gasteiger partial charge in [-0.05, 0) is 37.8 Å². The van der Waals surface area contributed by atoms with E-state index in [0.29, 0.717) is 30.9 Å². The Morgan fingerprint density at radius 1 is 1.05 bits per heavy atom. The molecule has 2 fully saturated rings. The van der Waals surface area contributed by atoms with E-state index in [4.69, 9.17) is 0 Å². The Labute approximate surface area is 117 Å². The number of hydrogen-bond donors (Lipinski definition) is 1. The smallest absolute Gasteiger partial charge is 0.369 e. The van der Waals surface area contributed by atoms with Crippen molar-refractivity contribution in [1.29, 1.82) is 0 Å². The van der Waals surface area contributed by atoms with Crippen LogP contribution in [0.2, 0.25) is 0 Å². The van der Waals surface area contributed by atoms with Gasteiger partial charge in [-0.15, -0.1) is 0 Å². The Hall–Kier alpha value is -1.23. The van der Waals surface area contributed by atoms with Crippen LogP contribution in [0.5, 0.6) is 0 Å². The third-order valence-corrected chi connectivity index (χ3v) is 4.02. The molecule has 0 aromatic heterocycles. The van der Waals surface area contributed by atoms with E-state index >= 15 is 0 Å². The first-order valence-electron chi connectivity index (χ1n) is 7.21. The van der Waals surface area contributed by atoms with Crippen molar-refractivity contribution in [3.05, 3.63) is 29.8 Å². The second-order valence-corrected chi connectivity index (χ2v) is 5.74. The average molecular weight is 284 g/mol. The summed E-state index contributed by atoms with van der Waals surface area (Å²) >= 11 is 0. The van der Waals surface area contributed by atoms with Gasteiger partial charge in [-0.1, -0.05) is 12.1 Å². The molecule has 3 rings (SSSR count). The first-order chi connectivity index (χ1) is 9.54. The van der Waals surface area contributed by atoms with Crippen molar-refractivity contribution < 1.29 is 13.2 Å². The predicted molar refractivity (Wildman–Crippen MR) is 72.8 cm³/mol. The molecule has 5 heteroatoms. The van der Waals surface area contributed by atoms with Crippen LogP contribution in [0.15, 0.2) is 24.3 Å². The zero-order valence-electron chi connectivity index (χ0n) is 11.3. The second-order valence-electron chi connectivity index (χ2n) is 5.74. The number of halogens is 3. The molecule has 1 atom stereocenters. The minimum Gasteiger partial charge on any atom is -0.369 e. The number of nitrogens with zero attached hydrogens (tertiary/aromatic N) is 1. The lowest BCUT2D eigenvalue weighted by Gasteiger charge is -2.36. The normalized spacial score (nSPS) is 23.9. The highest BCUT2D eigenvalue weighted by atomic mass is 19.4. The maximum atomic E-state index is 13.1. The lowest BCUT2D eigenvalue weighted by molar-refractivity contribution is -0.137. The molecule has 1 unspecified atom stereocenters. The van der Waals surface area contributed by atoms with Crippen LogP contribution in [0.3, 0.4) is 0 Å². The van der Waals surface area contributed by atoms with Gasteiger partial charge in [-0.2, -0.15) is 13.2 Å². The monoisotopic (exact) mass is 284 g/mol. The maximum Gasteiger partial charge on any atom is 0.418 e. The van der Waals surface area contributed by atoms with Crippen molar-refractivity contribution in [2.24, 2.45) is 0 Å². The lowest BCUT2D eigenvalue weighted by Crippen LogP contribution is -2.47. The highest BCUT2D eigenvalue weighted by Gasteiger charge is 2.36. The van der Waals surface area contributed by atoms with Crippen LogP contribution in [-0.2, 0) is 6.18 Å². The largest absolute Gasteiger partial charge is 0.418 e. The molecule has 1 aliphatic carbocycles. The second kappa shape index (κ2) is 5.28. The molecule has 2 aliphatic rings. The van der Waals surface area contributed by atoms with E-state index in [1.54, 1.807) is 12.1 Å². The number of alkyl halides is 3. The van der Waals surface area contributed by atoms with Gasteiger partial charge < -0.3 is 10.2 Å². The van der Waals surface area contributed by atoms with Crippen molar-refractivity contribution in [2.45, 2.75) is 43.9 Å². The number of anilines is 1. The van der Waals surface area contributed by atoms with Gasteiger partial charge in [0.15, 0.2) is 0 Å². The molecule has 0 radical (unpaired) electrons. The minimum atomic E-state index is -4.28. The van der Waals surface area contributed by atoms with Crippen LogP contribution in [0.4, 0.5) is 18.9 Å². The van der Waals surface area contributed by atoms with Crippen LogP contribution in [-0.4, -0.2) is 25.2 Å². The van der Waals surface area contributed by atoms with Gasteiger partial charge in [0, 0.05) is 30.9 Å². The van der Waals surface area contributed by atoms with E-state index in [9.17, 15) is 13.2 Å². The Bertz CT molecular complexity index is 468. The van der Waals surface area contributed by atoms with E-state index in [0.717, 1.165) is 12.8 Å². The number of benzene rings is 1. The summed E-state index contributed by atoms with van der Waals surface area (Å²) in [6.45, 7) is 1.37. The van der Waals surface area contributed by atoms with Gasteiger partial charge in [0.1, 0.15) is 0 Å². The Balaban J connectivity index is 1.77. The number of hydrogen-bond acceptors (Lipinski definition) is 2. The summed E-state index contributed by atoms with van der Waals surface area (Å²) in [6, 6.07) is 6.81. The molecule has 1 aromatic carbocycles. The topological polar surface area (TPSA) is 15.3 Å². The zero-order chi connectivity index (χ0) is 14.2. The van der Waals surface area contributed by atoms with E-state index in [1.807, 2.05) is 4.90 Å². The zero-order valence-corrected chi connectivity index (χ0v) is 11.3. The number of rotatable bonds is 3. The van der Waals surface area contributed by atoms with E-state index in [1.165, 1.54) is 25.0 Å². The third-order valence-electron chi connectivity index (χ3n) is 4.02. The summed E-state index contributed by atoms with van der Waals surface area (Å²) in [5.74, 6) is 0. The average Bonchev–Trinajstić information content (AvgIpc) is 3.22. The fourth-order valence-corrected chi connectivity index (χ4v) is 2.90. The lowest BCUT2D eigenvalue weighted by atomic mass is 10.0. The molecule has 1 saturated carbocycles. The SMILES string of the molecule is FC(F)(F)c1ccccc1N1CCCC(NC2CC2)C1. The van der Waals surface area contributed by atoms with Crippen molar-refractivity contribution in [3.8, 4) is 0 Å². The molecule has 1 heterocycles. The van der Waals surface area contributed by atoms with Crippen molar-refractivity contribution in [2.75, 3.05) is 18.0 Å². The minimum absolute atomic E-state index is 0.317. The van der Waals surface area contributed by atoms with Gasteiger partial charge in [-0.25, -0.2) is 0 Å². The summed E-state index contributed by atoms with van der Waals surface area (Å²) in [5.41, 5.74) is -0.200. The quantitative estimate of drug-likeness (QED) is 0.915. The number of para-hydroxylation sites is 1. The van der Waals surface area contributed by atoms with Crippen molar-refractivity contribution in [1.82, 2.24) is 5.32 Å². The fraction of sp³-hybridized carbons (Fsp3) is 0.600. The molecule has 110 valence electrons. The molecule has 0 spiro atoms. The summed E-state index contributed by atoms with van der Waals surface area (Å²) in [4.78, 5) is 1.88. The first-order valence-corrected chi connectivity index (χ1v) is 7.21. The molecule has 0 amide bonds. The summed E-state index contributed by atoms with van der Waals surface area (Å²) in [6.07, 6.45) is 0.122. The summed E-state index contributed by atoms with van der Waals surface area (Å²) in [5, 5.41) is 3.53. The summed E-state index contributed by atoms with van der Waals surface area (Å²) < 4.78 is 39.2. The van der Waals surface area contributed by atoms with Crippen LogP contribution in [0.1, 0.15) is 31.2 Å². The van der Waals surface area contributed by atoms with E-state index < -0.39 is 11.7 Å². The molecular formula is C15H19F3N2. The van der Waals surface area contributed by atoms with Gasteiger partial charge in [0.25, 0.3) is 0 Å². The standard InChI is InChI=1S/C15H19F3N2/c16-15(17,18)13-5-1-2-6-14(13)20-9-3-4-12(10-20)19-11-7-8-11/h1-2,5-6,11-12,19H,3-4,7-10H2. The fourth-order valence-electron chi connectivity index (χ4n) is 2.90. The van der Waals surface area contributed by atoms with E-state index in [-0.39, 0.29) is 0 Å². The third kappa shape index (κ3) is 3.08. The number of piperidine rings is 1. The molecular weight excluding hydrogens is 265 g/mol. The molecule has 1 aliphatic heterocycles. The van der Waals surface area contributed by atoms with Gasteiger partial charge in [0.05, 0.1) is 5.56 Å². The molecule has 1 N–H and O–H groups in total. The Morgan fingerprint density at radius 3 is 2.50 bits per heavy atom.